The SMILES string of the molecule is O=c1[nH]cnc2c(-c3ccc4c(c3)ncn4C3CCCCC3)sc(N3CC4=CCC(O)C4C3)c12. The van der Waals surface area contributed by atoms with Crippen LogP contribution in [0.5, 0.6) is 0 Å². The van der Waals surface area contributed by atoms with Gasteiger partial charge in [-0.2, -0.15) is 0 Å². The van der Waals surface area contributed by atoms with Gasteiger partial charge < -0.3 is 19.6 Å². The quantitative estimate of drug-likeness (QED) is 0.424. The number of aromatic nitrogens is 4. The van der Waals surface area contributed by atoms with E-state index in [0.717, 1.165) is 46.0 Å². The molecule has 7 nitrogen and oxygen atoms in total. The number of hydrogen-bond acceptors (Lipinski definition) is 6. The molecule has 2 N–H and O–H groups in total. The summed E-state index contributed by atoms with van der Waals surface area (Å²) >= 11 is 1.62. The highest BCUT2D eigenvalue weighted by atomic mass is 32.1. The number of hydrogen-bond donors (Lipinski definition) is 2. The molecule has 0 spiro atoms. The number of thiophene rings is 1. The molecule has 1 aromatic carbocycles. The van der Waals surface area contributed by atoms with Gasteiger partial charge in [-0.3, -0.25) is 4.79 Å². The lowest BCUT2D eigenvalue weighted by molar-refractivity contribution is 0.147. The van der Waals surface area contributed by atoms with Crippen molar-refractivity contribution in [3.05, 3.63) is 52.9 Å². The lowest BCUT2D eigenvalue weighted by Crippen LogP contribution is -2.24. The lowest BCUT2D eigenvalue weighted by Gasteiger charge is -2.23. The van der Waals surface area contributed by atoms with Gasteiger partial charge in [-0.05, 0) is 42.5 Å². The number of nitrogens with zero attached hydrogens (tertiary/aromatic N) is 4. The predicted octanol–water partition coefficient (Wildman–Crippen LogP) is 4.63. The van der Waals surface area contributed by atoms with E-state index < -0.39 is 0 Å². The molecule has 1 aliphatic heterocycles. The number of H-pyrrole nitrogens is 1. The highest BCUT2D eigenvalue weighted by Gasteiger charge is 2.37. The molecule has 3 aromatic heterocycles. The first-order valence-electron chi connectivity index (χ1n) is 12.3. The summed E-state index contributed by atoms with van der Waals surface area (Å²) in [7, 11) is 0. The summed E-state index contributed by atoms with van der Waals surface area (Å²) in [5.41, 5.74) is 5.11. The summed E-state index contributed by atoms with van der Waals surface area (Å²) < 4.78 is 2.35. The van der Waals surface area contributed by atoms with Crippen LogP contribution in [0.2, 0.25) is 0 Å². The Morgan fingerprint density at radius 3 is 2.88 bits per heavy atom. The molecule has 2 atom stereocenters. The average molecular weight is 474 g/mol. The minimum Gasteiger partial charge on any atom is -0.392 e. The smallest absolute Gasteiger partial charge is 0.261 e. The van der Waals surface area contributed by atoms with Crippen LogP contribution in [-0.4, -0.2) is 43.8 Å². The summed E-state index contributed by atoms with van der Waals surface area (Å²) in [6, 6.07) is 6.99. The Morgan fingerprint density at radius 1 is 1.15 bits per heavy atom. The molecule has 1 saturated carbocycles. The van der Waals surface area contributed by atoms with Gasteiger partial charge in [-0.1, -0.05) is 31.4 Å². The maximum atomic E-state index is 12.9. The first-order valence-corrected chi connectivity index (χ1v) is 13.1. The van der Waals surface area contributed by atoms with Gasteiger partial charge in [0.15, 0.2) is 0 Å². The van der Waals surface area contributed by atoms with Gasteiger partial charge >= 0.3 is 0 Å². The van der Waals surface area contributed by atoms with Crippen LogP contribution < -0.4 is 10.5 Å². The van der Waals surface area contributed by atoms with Gasteiger partial charge in [0, 0.05) is 25.0 Å². The van der Waals surface area contributed by atoms with Crippen LogP contribution in [-0.2, 0) is 0 Å². The highest BCUT2D eigenvalue weighted by molar-refractivity contribution is 7.21. The Labute approximate surface area is 200 Å². The predicted molar refractivity (Wildman–Crippen MR) is 135 cm³/mol. The number of imidazole rings is 1. The molecule has 0 amide bonds. The van der Waals surface area contributed by atoms with Crippen LogP contribution in [0, 0.1) is 5.92 Å². The van der Waals surface area contributed by atoms with E-state index in [1.807, 2.05) is 6.33 Å². The molecule has 0 radical (unpaired) electrons. The summed E-state index contributed by atoms with van der Waals surface area (Å²) in [5.74, 6) is 0.163. The van der Waals surface area contributed by atoms with Crippen molar-refractivity contribution >= 4 is 38.3 Å². The molecule has 1 saturated heterocycles. The van der Waals surface area contributed by atoms with Crippen molar-refractivity contribution in [3.63, 3.8) is 0 Å². The summed E-state index contributed by atoms with van der Waals surface area (Å²) in [4.78, 5) is 28.2. The average Bonchev–Trinajstić information content (AvgIpc) is 3.62. The molecule has 8 heteroatoms. The second-order valence-corrected chi connectivity index (χ2v) is 10.9. The molecule has 2 aliphatic carbocycles. The molecular formula is C26H27N5O2S. The van der Waals surface area contributed by atoms with Crippen LogP contribution in [0.1, 0.15) is 44.6 Å². The molecule has 3 aliphatic rings. The number of fused-ring (bicyclic) bond motifs is 3. The fraction of sp³-hybridized carbons (Fsp3) is 0.423. The van der Waals surface area contributed by atoms with E-state index in [9.17, 15) is 9.90 Å². The van der Waals surface area contributed by atoms with Crippen molar-refractivity contribution < 1.29 is 5.11 Å². The Hall–Kier alpha value is -2.97. The highest BCUT2D eigenvalue weighted by Crippen LogP contribution is 2.45. The monoisotopic (exact) mass is 473 g/mol. The fourth-order valence-electron chi connectivity index (χ4n) is 6.14. The van der Waals surface area contributed by atoms with Crippen molar-refractivity contribution in [1.82, 2.24) is 19.5 Å². The number of rotatable bonds is 3. The van der Waals surface area contributed by atoms with Crippen LogP contribution in [0.4, 0.5) is 5.00 Å². The van der Waals surface area contributed by atoms with Crippen LogP contribution in [0.25, 0.3) is 32.4 Å². The van der Waals surface area contributed by atoms with Crippen molar-refractivity contribution in [2.24, 2.45) is 5.92 Å². The van der Waals surface area contributed by atoms with Gasteiger partial charge in [-0.15, -0.1) is 11.3 Å². The van der Waals surface area contributed by atoms with Crippen molar-refractivity contribution in [2.75, 3.05) is 18.0 Å². The van der Waals surface area contributed by atoms with E-state index in [2.05, 4.69) is 43.7 Å². The van der Waals surface area contributed by atoms with Crippen LogP contribution >= 0.6 is 11.3 Å². The number of nitrogens with one attached hydrogen (secondary N) is 1. The molecule has 174 valence electrons. The Morgan fingerprint density at radius 2 is 2.03 bits per heavy atom. The third-order valence-corrected chi connectivity index (χ3v) is 9.21. The van der Waals surface area contributed by atoms with Crippen molar-refractivity contribution in [2.45, 2.75) is 50.7 Å². The van der Waals surface area contributed by atoms with Crippen molar-refractivity contribution in [1.29, 1.82) is 0 Å². The summed E-state index contributed by atoms with van der Waals surface area (Å²) in [5, 5.41) is 11.9. The molecule has 7 rings (SSSR count). The van der Waals surface area contributed by atoms with Crippen molar-refractivity contribution in [3.8, 4) is 10.4 Å². The summed E-state index contributed by atoms with van der Waals surface area (Å²) in [6.07, 6.45) is 12.4. The van der Waals surface area contributed by atoms with Gasteiger partial charge in [0.05, 0.1) is 40.2 Å². The first kappa shape index (κ1) is 20.4. The Kier molecular flexibility index (Phi) is 4.67. The van der Waals surface area contributed by atoms with E-state index in [0.29, 0.717) is 11.4 Å². The zero-order valence-corrected chi connectivity index (χ0v) is 19.7. The number of benzene rings is 1. The van der Waals surface area contributed by atoms with E-state index in [1.165, 1.54) is 49.5 Å². The molecule has 2 unspecified atom stereocenters. The van der Waals surface area contributed by atoms with E-state index in [4.69, 9.17) is 4.98 Å². The zero-order chi connectivity index (χ0) is 22.8. The number of aromatic amines is 1. The Bertz CT molecular complexity index is 1490. The topological polar surface area (TPSA) is 87.0 Å². The minimum absolute atomic E-state index is 0.114. The lowest BCUT2D eigenvalue weighted by atomic mass is 9.95. The normalized spacial score (nSPS) is 23.2. The largest absolute Gasteiger partial charge is 0.392 e. The molecule has 2 fully saturated rings. The van der Waals surface area contributed by atoms with Gasteiger partial charge in [-0.25, -0.2) is 9.97 Å². The number of aliphatic hydroxyl groups excluding tert-OH is 1. The third kappa shape index (κ3) is 3.08. The maximum absolute atomic E-state index is 12.9. The fourth-order valence-corrected chi connectivity index (χ4v) is 7.39. The Balaban J connectivity index is 1.32. The van der Waals surface area contributed by atoms with Crippen LogP contribution in [0.3, 0.4) is 0 Å². The van der Waals surface area contributed by atoms with Crippen LogP contribution in [0.15, 0.2) is 47.3 Å². The standard InChI is InChI=1S/C26H27N5O2S/c32-21-9-7-16-11-30(12-18(16)21)26-22-23(27-13-28-25(22)33)24(34-26)15-6-8-20-19(10-15)29-14-31(20)17-4-2-1-3-5-17/h6-8,10,13-14,17-18,21,32H,1-5,9,11-12H2,(H,27,28,33). The summed E-state index contributed by atoms with van der Waals surface area (Å²) in [6.45, 7) is 1.50. The minimum atomic E-state index is -0.316. The molecule has 0 bridgehead atoms. The molecule has 4 aromatic rings. The van der Waals surface area contributed by atoms with E-state index in [-0.39, 0.29) is 17.6 Å². The third-order valence-electron chi connectivity index (χ3n) is 7.93. The molecular weight excluding hydrogens is 446 g/mol. The zero-order valence-electron chi connectivity index (χ0n) is 18.9. The van der Waals surface area contributed by atoms with E-state index >= 15 is 0 Å². The second kappa shape index (κ2) is 7.78. The first-order chi connectivity index (χ1) is 16.7. The van der Waals surface area contributed by atoms with E-state index in [1.54, 1.807) is 11.3 Å². The number of aliphatic hydroxyl groups is 1. The van der Waals surface area contributed by atoms with Gasteiger partial charge in [0.1, 0.15) is 10.4 Å². The molecule has 4 heterocycles. The number of anilines is 1. The maximum Gasteiger partial charge on any atom is 0.261 e. The van der Waals surface area contributed by atoms with Gasteiger partial charge in [0.25, 0.3) is 5.56 Å². The second-order valence-electron chi connectivity index (χ2n) is 9.91. The van der Waals surface area contributed by atoms with Gasteiger partial charge in [0.2, 0.25) is 0 Å². The molecule has 34 heavy (non-hydrogen) atoms.